The molecule has 3 heterocycles. The third kappa shape index (κ3) is 3.18. The monoisotopic (exact) mass is 397 g/mol. The molecule has 1 aliphatic rings. The van der Waals surface area contributed by atoms with Gasteiger partial charge in [0, 0.05) is 47.9 Å². The van der Waals surface area contributed by atoms with E-state index in [2.05, 4.69) is 42.0 Å². The van der Waals surface area contributed by atoms with E-state index in [0.717, 1.165) is 31.7 Å². The zero-order valence-electron chi connectivity index (χ0n) is 13.7. The van der Waals surface area contributed by atoms with Crippen molar-refractivity contribution in [3.63, 3.8) is 0 Å². The van der Waals surface area contributed by atoms with E-state index in [1.54, 1.807) is 13.0 Å². The van der Waals surface area contributed by atoms with E-state index >= 15 is 0 Å². The molecule has 1 unspecified atom stereocenters. The number of hydrogen-bond donors (Lipinski definition) is 1. The summed E-state index contributed by atoms with van der Waals surface area (Å²) in [5.41, 5.74) is 1.24. The molecule has 0 amide bonds. The number of imidazole rings is 1. The summed E-state index contributed by atoms with van der Waals surface area (Å²) in [4.78, 5) is 30.5. The van der Waals surface area contributed by atoms with Crippen LogP contribution >= 0.6 is 16.1 Å². The highest BCUT2D eigenvalue weighted by molar-refractivity contribution is 9.07. The Morgan fingerprint density at radius 2 is 2.25 bits per heavy atom. The van der Waals surface area contributed by atoms with Crippen LogP contribution in [0.4, 0.5) is 5.69 Å². The summed E-state index contributed by atoms with van der Waals surface area (Å²) in [6.45, 7) is 6.59. The quantitative estimate of drug-likeness (QED) is 0.620. The van der Waals surface area contributed by atoms with Crippen molar-refractivity contribution in [2.75, 3.05) is 31.1 Å². The summed E-state index contributed by atoms with van der Waals surface area (Å²) in [5, 5.41) is 2.67. The molecular formula is C15H20BrN5O3. The highest BCUT2D eigenvalue weighted by Gasteiger charge is 2.27. The SMILES string of the molecule is CCOC(=O)c1cn2[nH]c(=O)cc(N3CCN(Br)CC3CC)c2n1. The van der Waals surface area contributed by atoms with E-state index < -0.39 is 5.97 Å². The molecule has 0 spiro atoms. The Bertz CT molecular complexity index is 802. The molecule has 130 valence electrons. The Hall–Kier alpha value is -1.87. The number of carbonyl (C=O) groups excluding carboxylic acids is 1. The Kier molecular flexibility index (Phi) is 4.91. The number of aromatic nitrogens is 3. The van der Waals surface area contributed by atoms with Crippen LogP contribution in [0.15, 0.2) is 17.1 Å². The molecule has 2 aromatic rings. The maximum Gasteiger partial charge on any atom is 0.358 e. The van der Waals surface area contributed by atoms with E-state index in [1.165, 1.54) is 10.7 Å². The first-order valence-electron chi connectivity index (χ1n) is 8.00. The molecule has 3 rings (SSSR count). The summed E-state index contributed by atoms with van der Waals surface area (Å²) in [5.74, 6) is -0.495. The average molecular weight is 398 g/mol. The largest absolute Gasteiger partial charge is 0.461 e. The van der Waals surface area contributed by atoms with Gasteiger partial charge in [-0.15, -0.1) is 0 Å². The predicted octanol–water partition coefficient (Wildman–Crippen LogP) is 1.41. The lowest BCUT2D eigenvalue weighted by atomic mass is 10.1. The van der Waals surface area contributed by atoms with Crippen LogP contribution in [0.25, 0.3) is 5.65 Å². The van der Waals surface area contributed by atoms with Gasteiger partial charge in [0.1, 0.15) is 0 Å². The second-order valence-electron chi connectivity index (χ2n) is 5.67. The van der Waals surface area contributed by atoms with Gasteiger partial charge in [0.2, 0.25) is 0 Å². The summed E-state index contributed by atoms with van der Waals surface area (Å²) in [7, 11) is 0. The minimum atomic E-state index is -0.495. The fourth-order valence-corrected chi connectivity index (χ4v) is 3.48. The molecular weight excluding hydrogens is 378 g/mol. The van der Waals surface area contributed by atoms with Crippen molar-refractivity contribution >= 4 is 33.5 Å². The smallest absolute Gasteiger partial charge is 0.358 e. The summed E-state index contributed by atoms with van der Waals surface area (Å²) < 4.78 is 8.59. The van der Waals surface area contributed by atoms with E-state index in [-0.39, 0.29) is 23.9 Å². The van der Waals surface area contributed by atoms with Gasteiger partial charge in [-0.25, -0.2) is 18.2 Å². The molecule has 0 bridgehead atoms. The van der Waals surface area contributed by atoms with E-state index in [1.807, 2.05) is 0 Å². The van der Waals surface area contributed by atoms with Crippen LogP contribution in [-0.2, 0) is 4.74 Å². The van der Waals surface area contributed by atoms with Crippen LogP contribution in [0.1, 0.15) is 30.8 Å². The number of halogens is 1. The summed E-state index contributed by atoms with van der Waals surface area (Å²) in [6.07, 6.45) is 2.44. The van der Waals surface area contributed by atoms with Crippen molar-refractivity contribution < 1.29 is 9.53 Å². The van der Waals surface area contributed by atoms with Gasteiger partial charge in [-0.2, -0.15) is 0 Å². The molecule has 8 nitrogen and oxygen atoms in total. The minimum Gasteiger partial charge on any atom is -0.461 e. The highest BCUT2D eigenvalue weighted by Crippen LogP contribution is 2.26. The van der Waals surface area contributed by atoms with Crippen LogP contribution in [0.3, 0.4) is 0 Å². The number of anilines is 1. The molecule has 1 saturated heterocycles. The zero-order valence-corrected chi connectivity index (χ0v) is 15.2. The molecule has 1 fully saturated rings. The number of H-pyrrole nitrogens is 1. The van der Waals surface area contributed by atoms with E-state index in [0.29, 0.717) is 5.65 Å². The summed E-state index contributed by atoms with van der Waals surface area (Å²) >= 11 is 3.53. The second-order valence-corrected chi connectivity index (χ2v) is 6.67. The average Bonchev–Trinajstić information content (AvgIpc) is 2.98. The Balaban J connectivity index is 2.06. The molecule has 2 aromatic heterocycles. The topological polar surface area (TPSA) is 82.9 Å². The fourth-order valence-electron chi connectivity index (χ4n) is 2.98. The van der Waals surface area contributed by atoms with Gasteiger partial charge < -0.3 is 9.64 Å². The molecule has 0 aromatic carbocycles. The number of rotatable bonds is 4. The number of hydrogen-bond acceptors (Lipinski definition) is 6. The molecule has 1 N–H and O–H groups in total. The molecule has 1 aliphatic heterocycles. The van der Waals surface area contributed by atoms with Gasteiger partial charge in [0.05, 0.1) is 18.5 Å². The lowest BCUT2D eigenvalue weighted by Crippen LogP contribution is -2.50. The van der Waals surface area contributed by atoms with Crippen LogP contribution < -0.4 is 10.5 Å². The Labute approximate surface area is 147 Å². The van der Waals surface area contributed by atoms with Gasteiger partial charge in [-0.1, -0.05) is 6.92 Å². The number of nitrogens with one attached hydrogen (secondary N) is 1. The number of aromatic amines is 1. The van der Waals surface area contributed by atoms with E-state index in [9.17, 15) is 9.59 Å². The van der Waals surface area contributed by atoms with Crippen molar-refractivity contribution in [3.8, 4) is 0 Å². The first-order chi connectivity index (χ1) is 11.5. The molecule has 1 atom stereocenters. The maximum atomic E-state index is 12.0. The third-order valence-corrected chi connectivity index (χ3v) is 4.78. The summed E-state index contributed by atoms with van der Waals surface area (Å²) in [6, 6.07) is 1.80. The number of esters is 1. The Morgan fingerprint density at radius 3 is 2.96 bits per heavy atom. The number of ether oxygens (including phenoxy) is 1. The maximum absolute atomic E-state index is 12.0. The second kappa shape index (κ2) is 6.94. The molecule has 24 heavy (non-hydrogen) atoms. The zero-order chi connectivity index (χ0) is 17.3. The van der Waals surface area contributed by atoms with Gasteiger partial charge in [0.25, 0.3) is 5.56 Å². The van der Waals surface area contributed by atoms with Crippen LogP contribution in [0.5, 0.6) is 0 Å². The highest BCUT2D eigenvalue weighted by atomic mass is 79.9. The number of carbonyl (C=O) groups is 1. The first kappa shape index (κ1) is 17.0. The van der Waals surface area contributed by atoms with E-state index in [4.69, 9.17) is 4.74 Å². The van der Waals surface area contributed by atoms with Gasteiger partial charge >= 0.3 is 5.97 Å². The molecule has 0 radical (unpaired) electrons. The minimum absolute atomic E-state index is 0.187. The number of piperazine rings is 1. The molecule has 0 saturated carbocycles. The van der Waals surface area contributed by atoms with Crippen molar-refractivity contribution in [1.82, 2.24) is 18.5 Å². The number of fused-ring (bicyclic) bond motifs is 1. The molecule has 9 heteroatoms. The van der Waals surface area contributed by atoms with Crippen molar-refractivity contribution in [1.29, 1.82) is 0 Å². The number of nitrogens with zero attached hydrogens (tertiary/aromatic N) is 4. The van der Waals surface area contributed by atoms with Crippen molar-refractivity contribution in [2.24, 2.45) is 0 Å². The molecule has 0 aliphatic carbocycles. The lowest BCUT2D eigenvalue weighted by molar-refractivity contribution is 0.0520. The normalized spacial score (nSPS) is 19.0. The fraction of sp³-hybridized carbons (Fsp3) is 0.533. The van der Waals surface area contributed by atoms with Crippen LogP contribution in [-0.4, -0.2) is 56.8 Å². The third-order valence-electron chi connectivity index (χ3n) is 4.13. The lowest BCUT2D eigenvalue weighted by Gasteiger charge is -2.40. The van der Waals surface area contributed by atoms with Crippen molar-refractivity contribution in [2.45, 2.75) is 26.3 Å². The van der Waals surface area contributed by atoms with Gasteiger partial charge in [0.15, 0.2) is 11.3 Å². The standard InChI is InChI=1S/C15H20BrN5O3/c1-3-10-8-19(16)5-6-20(10)12-7-13(22)18-21-9-11(17-14(12)21)15(23)24-4-2/h7,9-10H,3-6,8H2,1-2H3,(H,18,22). The van der Waals surface area contributed by atoms with Gasteiger partial charge in [-0.3, -0.25) is 9.89 Å². The van der Waals surface area contributed by atoms with Crippen molar-refractivity contribution in [3.05, 3.63) is 28.3 Å². The predicted molar refractivity (Wildman–Crippen MR) is 93.7 cm³/mol. The first-order valence-corrected chi connectivity index (χ1v) is 8.71. The Morgan fingerprint density at radius 1 is 1.46 bits per heavy atom. The van der Waals surface area contributed by atoms with Crippen LogP contribution in [0.2, 0.25) is 0 Å². The van der Waals surface area contributed by atoms with Gasteiger partial charge in [-0.05, 0) is 13.3 Å². The van der Waals surface area contributed by atoms with Crippen LogP contribution in [0, 0.1) is 0 Å².